The second-order valence-corrected chi connectivity index (χ2v) is 7.87. The first kappa shape index (κ1) is 19.6. The Hall–Kier alpha value is -2.67. The minimum Gasteiger partial charge on any atom is -0.497 e. The average molecular weight is 396 g/mol. The lowest BCUT2D eigenvalue weighted by molar-refractivity contribution is -0.129. The molecule has 1 fully saturated rings. The predicted molar refractivity (Wildman–Crippen MR) is 109 cm³/mol. The Bertz CT molecular complexity index is 902. The van der Waals surface area contributed by atoms with Gasteiger partial charge in [0.1, 0.15) is 17.3 Å². The van der Waals surface area contributed by atoms with Crippen LogP contribution in [0.4, 0.5) is 0 Å². The van der Waals surface area contributed by atoms with Crippen LogP contribution in [-0.2, 0) is 24.2 Å². The molecular weight excluding hydrogens is 368 g/mol. The average Bonchev–Trinajstić information content (AvgIpc) is 3.23. The molecule has 1 amide bonds. The molecule has 2 aromatic rings. The van der Waals surface area contributed by atoms with Crippen LogP contribution < -0.4 is 9.47 Å². The van der Waals surface area contributed by atoms with Gasteiger partial charge in [0.05, 0.1) is 20.6 Å². The number of methoxy groups -OCH3 is 2. The minimum absolute atomic E-state index is 0.0960. The standard InChI is InChI=1S/C22H28N4O3/c1-25-8-7-19-17(13-25)12-23-22(24-19)15-6-9-26(14-15)21(27)11-16-10-18(28-2)4-5-20(16)29-3/h4-5,10,12,15H,6-9,11,13-14H2,1-3H3. The minimum atomic E-state index is 0.0960. The van der Waals surface area contributed by atoms with Crippen LogP contribution in [0.3, 0.4) is 0 Å². The molecule has 0 radical (unpaired) electrons. The molecule has 1 atom stereocenters. The summed E-state index contributed by atoms with van der Waals surface area (Å²) in [6.07, 6.45) is 4.13. The van der Waals surface area contributed by atoms with Gasteiger partial charge in [0, 0.05) is 61.5 Å². The topological polar surface area (TPSA) is 67.8 Å². The molecule has 1 unspecified atom stereocenters. The third-order valence-corrected chi connectivity index (χ3v) is 5.88. The first-order chi connectivity index (χ1) is 14.1. The zero-order chi connectivity index (χ0) is 20.4. The quantitative estimate of drug-likeness (QED) is 0.771. The van der Waals surface area contributed by atoms with Gasteiger partial charge in [-0.05, 0) is 31.7 Å². The monoisotopic (exact) mass is 396 g/mol. The molecule has 0 N–H and O–H groups in total. The van der Waals surface area contributed by atoms with Gasteiger partial charge in [0.15, 0.2) is 0 Å². The van der Waals surface area contributed by atoms with Gasteiger partial charge in [-0.1, -0.05) is 0 Å². The van der Waals surface area contributed by atoms with Gasteiger partial charge in [0.2, 0.25) is 5.91 Å². The Morgan fingerprint density at radius 1 is 1.24 bits per heavy atom. The molecule has 0 bridgehead atoms. The van der Waals surface area contributed by atoms with E-state index >= 15 is 0 Å². The van der Waals surface area contributed by atoms with Gasteiger partial charge in [-0.3, -0.25) is 4.79 Å². The van der Waals surface area contributed by atoms with E-state index in [1.807, 2.05) is 29.3 Å². The van der Waals surface area contributed by atoms with Crippen molar-refractivity contribution < 1.29 is 14.3 Å². The Balaban J connectivity index is 1.43. The fraction of sp³-hybridized carbons (Fsp3) is 0.500. The number of carbonyl (C=O) groups excluding carboxylic acids is 1. The Kier molecular flexibility index (Phi) is 5.67. The highest BCUT2D eigenvalue weighted by Gasteiger charge is 2.30. The number of ether oxygens (including phenoxy) is 2. The van der Waals surface area contributed by atoms with Gasteiger partial charge < -0.3 is 19.3 Å². The molecule has 0 aliphatic carbocycles. The molecule has 1 aromatic carbocycles. The number of rotatable bonds is 5. The van der Waals surface area contributed by atoms with Crippen molar-refractivity contribution in [1.82, 2.24) is 19.8 Å². The summed E-state index contributed by atoms with van der Waals surface area (Å²) in [7, 11) is 5.36. The van der Waals surface area contributed by atoms with Crippen molar-refractivity contribution in [2.75, 3.05) is 40.9 Å². The molecule has 29 heavy (non-hydrogen) atoms. The summed E-state index contributed by atoms with van der Waals surface area (Å²) in [5, 5.41) is 0. The summed E-state index contributed by atoms with van der Waals surface area (Å²) >= 11 is 0. The highest BCUT2D eigenvalue weighted by atomic mass is 16.5. The normalized spacial score (nSPS) is 19.1. The zero-order valence-corrected chi connectivity index (χ0v) is 17.4. The number of fused-ring (bicyclic) bond motifs is 1. The molecule has 2 aliphatic heterocycles. The number of aromatic nitrogens is 2. The number of benzene rings is 1. The third-order valence-electron chi connectivity index (χ3n) is 5.88. The molecule has 1 saturated heterocycles. The van der Waals surface area contributed by atoms with Crippen molar-refractivity contribution in [1.29, 1.82) is 0 Å². The molecule has 7 nitrogen and oxygen atoms in total. The van der Waals surface area contributed by atoms with Crippen LogP contribution in [0, 0.1) is 0 Å². The summed E-state index contributed by atoms with van der Waals surface area (Å²) in [5.41, 5.74) is 3.23. The van der Waals surface area contributed by atoms with Crippen LogP contribution in [0.15, 0.2) is 24.4 Å². The lowest BCUT2D eigenvalue weighted by atomic mass is 10.1. The van der Waals surface area contributed by atoms with Crippen molar-refractivity contribution in [2.45, 2.75) is 31.7 Å². The van der Waals surface area contributed by atoms with Gasteiger partial charge in [-0.25, -0.2) is 9.97 Å². The molecule has 0 saturated carbocycles. The summed E-state index contributed by atoms with van der Waals surface area (Å²) < 4.78 is 10.7. The maximum Gasteiger partial charge on any atom is 0.227 e. The summed E-state index contributed by atoms with van der Waals surface area (Å²) in [5.74, 6) is 2.61. The van der Waals surface area contributed by atoms with E-state index in [2.05, 4.69) is 16.9 Å². The van der Waals surface area contributed by atoms with E-state index < -0.39 is 0 Å². The second kappa shape index (κ2) is 8.37. The molecule has 3 heterocycles. The fourth-order valence-corrected chi connectivity index (χ4v) is 4.16. The number of hydrogen-bond donors (Lipinski definition) is 0. The molecule has 7 heteroatoms. The predicted octanol–water partition coefficient (Wildman–Crippen LogP) is 2.04. The highest BCUT2D eigenvalue weighted by molar-refractivity contribution is 5.80. The van der Waals surface area contributed by atoms with Crippen LogP contribution in [-0.4, -0.2) is 66.6 Å². The molecule has 0 spiro atoms. The zero-order valence-electron chi connectivity index (χ0n) is 17.4. The Morgan fingerprint density at radius 2 is 2.10 bits per heavy atom. The molecule has 4 rings (SSSR count). The van der Waals surface area contributed by atoms with E-state index in [-0.39, 0.29) is 11.8 Å². The second-order valence-electron chi connectivity index (χ2n) is 7.87. The van der Waals surface area contributed by atoms with E-state index in [1.54, 1.807) is 14.2 Å². The third kappa shape index (κ3) is 4.19. The van der Waals surface area contributed by atoms with E-state index in [0.29, 0.717) is 18.7 Å². The lowest BCUT2D eigenvalue weighted by Crippen LogP contribution is -2.30. The molecule has 2 aliphatic rings. The lowest BCUT2D eigenvalue weighted by Gasteiger charge is -2.24. The fourth-order valence-electron chi connectivity index (χ4n) is 4.16. The van der Waals surface area contributed by atoms with Crippen LogP contribution >= 0.6 is 0 Å². The van der Waals surface area contributed by atoms with Crippen molar-refractivity contribution >= 4 is 5.91 Å². The number of hydrogen-bond acceptors (Lipinski definition) is 6. The Morgan fingerprint density at radius 3 is 2.90 bits per heavy atom. The maximum atomic E-state index is 12.9. The highest BCUT2D eigenvalue weighted by Crippen LogP contribution is 2.29. The molecule has 1 aromatic heterocycles. The maximum absolute atomic E-state index is 12.9. The van der Waals surface area contributed by atoms with Crippen LogP contribution in [0.5, 0.6) is 11.5 Å². The first-order valence-corrected chi connectivity index (χ1v) is 10.1. The number of likely N-dealkylation sites (tertiary alicyclic amines) is 1. The van der Waals surface area contributed by atoms with Gasteiger partial charge >= 0.3 is 0 Å². The van der Waals surface area contributed by atoms with Gasteiger partial charge in [-0.15, -0.1) is 0 Å². The van der Waals surface area contributed by atoms with E-state index in [9.17, 15) is 4.79 Å². The number of carbonyl (C=O) groups is 1. The summed E-state index contributed by atoms with van der Waals surface area (Å²) in [6.45, 7) is 3.34. The Labute approximate surface area is 171 Å². The smallest absolute Gasteiger partial charge is 0.227 e. The van der Waals surface area contributed by atoms with Crippen LogP contribution in [0.25, 0.3) is 0 Å². The van der Waals surface area contributed by atoms with E-state index in [0.717, 1.165) is 49.6 Å². The largest absolute Gasteiger partial charge is 0.497 e. The van der Waals surface area contributed by atoms with Gasteiger partial charge in [0.25, 0.3) is 0 Å². The van der Waals surface area contributed by atoms with Crippen molar-refractivity contribution in [3.8, 4) is 11.5 Å². The van der Waals surface area contributed by atoms with Crippen LogP contribution in [0.1, 0.15) is 35.0 Å². The molecule has 154 valence electrons. The van der Waals surface area contributed by atoms with Crippen LogP contribution in [0.2, 0.25) is 0 Å². The number of nitrogens with zero attached hydrogens (tertiary/aromatic N) is 4. The number of amides is 1. The number of likely N-dealkylation sites (N-methyl/N-ethyl adjacent to an activating group) is 1. The SMILES string of the molecule is COc1ccc(OC)c(CC(=O)N2CCC(c3ncc4c(n3)CCN(C)C4)C2)c1. The summed E-state index contributed by atoms with van der Waals surface area (Å²) in [4.78, 5) is 26.6. The van der Waals surface area contributed by atoms with Crippen molar-refractivity contribution in [2.24, 2.45) is 0 Å². The van der Waals surface area contributed by atoms with Gasteiger partial charge in [-0.2, -0.15) is 0 Å². The molecular formula is C22H28N4O3. The summed E-state index contributed by atoms with van der Waals surface area (Å²) in [6, 6.07) is 5.55. The van der Waals surface area contributed by atoms with E-state index in [1.165, 1.54) is 11.3 Å². The van der Waals surface area contributed by atoms with E-state index in [4.69, 9.17) is 14.5 Å². The van der Waals surface area contributed by atoms with Crippen molar-refractivity contribution in [3.63, 3.8) is 0 Å². The van der Waals surface area contributed by atoms with Crippen molar-refractivity contribution in [3.05, 3.63) is 47.0 Å². The first-order valence-electron chi connectivity index (χ1n) is 10.1.